The highest BCUT2D eigenvalue weighted by molar-refractivity contribution is 7.87. The average Bonchev–Trinajstić information content (AvgIpc) is 3.32. The molecule has 0 radical (unpaired) electrons. The van der Waals surface area contributed by atoms with Crippen LogP contribution in [-0.4, -0.2) is 19.2 Å². The van der Waals surface area contributed by atoms with Gasteiger partial charge in [-0.2, -0.15) is 8.42 Å². The third-order valence-corrected chi connectivity index (χ3v) is 7.03. The Hall–Kier alpha value is -3.13. The monoisotopic (exact) mass is 471 g/mol. The molecule has 3 aromatic rings. The van der Waals surface area contributed by atoms with Crippen molar-refractivity contribution in [1.82, 2.24) is 4.90 Å². The van der Waals surface area contributed by atoms with Gasteiger partial charge in [0.15, 0.2) is 0 Å². The molecular weight excluding hydrogens is 445 g/mol. The number of hydrogen-bond acceptors (Lipinski definition) is 5. The van der Waals surface area contributed by atoms with Crippen LogP contribution >= 0.6 is 0 Å². The quantitative estimate of drug-likeness (QED) is 0.417. The van der Waals surface area contributed by atoms with Gasteiger partial charge in [-0.1, -0.05) is 31.4 Å². The molecule has 1 aromatic heterocycles. The Labute approximate surface area is 193 Å². The maximum Gasteiger partial charge on any atom is 0.339 e. The first-order valence-corrected chi connectivity index (χ1v) is 12.4. The number of nitrogens with zero attached hydrogens (tertiary/aromatic N) is 1. The molecule has 0 unspecified atom stereocenters. The fourth-order valence-electron chi connectivity index (χ4n) is 4.10. The van der Waals surface area contributed by atoms with E-state index in [4.69, 9.17) is 8.60 Å². The first-order valence-electron chi connectivity index (χ1n) is 11.0. The molecule has 0 aliphatic heterocycles. The number of carbonyl (C=O) groups excluding carboxylic acids is 1. The topological polar surface area (TPSA) is 76.8 Å². The number of amides is 1. The molecule has 0 N–H and O–H groups in total. The van der Waals surface area contributed by atoms with Gasteiger partial charge in [-0.3, -0.25) is 4.79 Å². The van der Waals surface area contributed by atoms with E-state index in [0.717, 1.165) is 61.9 Å². The summed E-state index contributed by atoms with van der Waals surface area (Å²) < 4.78 is 49.0. The molecule has 1 saturated carbocycles. The van der Waals surface area contributed by atoms with Crippen molar-refractivity contribution >= 4 is 16.0 Å². The summed E-state index contributed by atoms with van der Waals surface area (Å²) in [5, 5.41) is 0. The Balaban J connectivity index is 1.52. The van der Waals surface area contributed by atoms with Gasteiger partial charge in [-0.05, 0) is 66.9 Å². The number of benzene rings is 2. The fraction of sp³-hybridized carbons (Fsp3) is 0.320. The van der Waals surface area contributed by atoms with Gasteiger partial charge in [-0.25, -0.2) is 4.39 Å². The van der Waals surface area contributed by atoms with Crippen LogP contribution < -0.4 is 4.18 Å². The SMILES string of the molecule is O=C(C1CCCCC1)N(Cc1cccc(OS(=O)(=O)c2ccc(F)cc2)c1)Cc1ccco1. The molecule has 1 heterocycles. The van der Waals surface area contributed by atoms with E-state index in [9.17, 15) is 17.6 Å². The lowest BCUT2D eigenvalue weighted by Gasteiger charge is -2.29. The molecule has 1 amide bonds. The van der Waals surface area contributed by atoms with Crippen LogP contribution in [0, 0.1) is 11.7 Å². The van der Waals surface area contributed by atoms with E-state index < -0.39 is 15.9 Å². The van der Waals surface area contributed by atoms with Gasteiger partial charge >= 0.3 is 10.1 Å². The van der Waals surface area contributed by atoms with Gasteiger partial charge in [0, 0.05) is 12.5 Å². The Kier molecular flexibility index (Phi) is 7.13. The molecule has 8 heteroatoms. The zero-order valence-electron chi connectivity index (χ0n) is 18.2. The summed E-state index contributed by atoms with van der Waals surface area (Å²) in [7, 11) is -4.11. The zero-order valence-corrected chi connectivity index (χ0v) is 19.0. The first-order chi connectivity index (χ1) is 15.9. The number of carbonyl (C=O) groups is 1. The minimum Gasteiger partial charge on any atom is -0.467 e. The minimum atomic E-state index is -4.11. The van der Waals surface area contributed by atoms with Gasteiger partial charge in [-0.15, -0.1) is 0 Å². The Bertz CT molecular complexity index is 1170. The van der Waals surface area contributed by atoms with E-state index in [1.165, 1.54) is 6.07 Å². The van der Waals surface area contributed by atoms with Crippen molar-refractivity contribution in [2.75, 3.05) is 0 Å². The molecule has 1 aliphatic rings. The predicted octanol–water partition coefficient (Wildman–Crippen LogP) is 5.30. The summed E-state index contributed by atoms with van der Waals surface area (Å²) in [6.45, 7) is 0.630. The van der Waals surface area contributed by atoms with E-state index in [1.54, 1.807) is 29.4 Å². The van der Waals surface area contributed by atoms with Gasteiger partial charge < -0.3 is 13.5 Å². The molecule has 0 atom stereocenters. The summed E-state index contributed by atoms with van der Waals surface area (Å²) >= 11 is 0. The number of halogens is 1. The largest absolute Gasteiger partial charge is 0.467 e. The normalized spacial score (nSPS) is 14.7. The van der Waals surface area contributed by atoms with Crippen LogP contribution in [0.3, 0.4) is 0 Å². The summed E-state index contributed by atoms with van der Waals surface area (Å²) in [5.74, 6) is 0.351. The van der Waals surface area contributed by atoms with E-state index >= 15 is 0 Å². The lowest BCUT2D eigenvalue weighted by atomic mass is 9.88. The summed E-state index contributed by atoms with van der Waals surface area (Å²) in [6.07, 6.45) is 6.60. The Morgan fingerprint density at radius 3 is 2.45 bits per heavy atom. The lowest BCUT2D eigenvalue weighted by molar-refractivity contribution is -0.138. The molecular formula is C25H26FNO5S. The predicted molar refractivity (Wildman–Crippen MR) is 120 cm³/mol. The second kappa shape index (κ2) is 10.2. The molecule has 4 rings (SSSR count). The fourth-order valence-corrected chi connectivity index (χ4v) is 5.02. The van der Waals surface area contributed by atoms with Gasteiger partial charge in [0.05, 0.1) is 12.8 Å². The van der Waals surface area contributed by atoms with Crippen LogP contribution in [0.25, 0.3) is 0 Å². The van der Waals surface area contributed by atoms with Crippen molar-refractivity contribution in [3.8, 4) is 5.75 Å². The van der Waals surface area contributed by atoms with Crippen molar-refractivity contribution in [2.45, 2.75) is 50.1 Å². The second-order valence-corrected chi connectivity index (χ2v) is 9.79. The highest BCUT2D eigenvalue weighted by Crippen LogP contribution is 2.28. The van der Waals surface area contributed by atoms with E-state index in [2.05, 4.69) is 0 Å². The van der Waals surface area contributed by atoms with Crippen LogP contribution in [-0.2, 0) is 28.0 Å². The van der Waals surface area contributed by atoms with E-state index in [0.29, 0.717) is 18.8 Å². The summed E-state index contributed by atoms with van der Waals surface area (Å²) in [4.78, 5) is 14.9. The number of furan rings is 1. The zero-order chi connectivity index (χ0) is 23.3. The van der Waals surface area contributed by atoms with Gasteiger partial charge in [0.25, 0.3) is 0 Å². The molecule has 33 heavy (non-hydrogen) atoms. The van der Waals surface area contributed by atoms with Gasteiger partial charge in [0.2, 0.25) is 5.91 Å². The number of rotatable bonds is 8. The third-order valence-electron chi connectivity index (χ3n) is 5.77. The van der Waals surface area contributed by atoms with Crippen molar-refractivity contribution in [1.29, 1.82) is 0 Å². The van der Waals surface area contributed by atoms with Crippen LogP contribution in [0.1, 0.15) is 43.4 Å². The third kappa shape index (κ3) is 6.01. The maximum atomic E-state index is 13.3. The molecule has 0 saturated heterocycles. The Morgan fingerprint density at radius 2 is 1.76 bits per heavy atom. The van der Waals surface area contributed by atoms with Crippen LogP contribution in [0.15, 0.2) is 76.2 Å². The van der Waals surface area contributed by atoms with Crippen LogP contribution in [0.4, 0.5) is 4.39 Å². The molecule has 174 valence electrons. The van der Waals surface area contributed by atoms with Crippen molar-refractivity contribution in [3.63, 3.8) is 0 Å². The first kappa shape index (κ1) is 23.0. The summed E-state index contributed by atoms with van der Waals surface area (Å²) in [5.41, 5.74) is 0.734. The average molecular weight is 472 g/mol. The van der Waals surface area contributed by atoms with Crippen molar-refractivity contribution in [2.24, 2.45) is 5.92 Å². The van der Waals surface area contributed by atoms with E-state index in [1.807, 2.05) is 12.1 Å². The molecule has 6 nitrogen and oxygen atoms in total. The summed E-state index contributed by atoms with van der Waals surface area (Å²) in [6, 6.07) is 14.7. The molecule has 0 bridgehead atoms. The van der Waals surface area contributed by atoms with Crippen LogP contribution in [0.2, 0.25) is 0 Å². The standard InChI is InChI=1S/C25H26FNO5S/c26-21-11-13-24(14-12-21)33(29,30)32-22-9-4-6-19(16-22)17-27(18-23-10-5-15-31-23)25(28)20-7-2-1-3-8-20/h4-6,9-16,20H,1-3,7-8,17-18H2. The maximum absolute atomic E-state index is 13.3. The molecule has 1 fully saturated rings. The van der Waals surface area contributed by atoms with E-state index in [-0.39, 0.29) is 22.5 Å². The van der Waals surface area contributed by atoms with Crippen molar-refractivity contribution in [3.05, 3.63) is 84.1 Å². The Morgan fingerprint density at radius 1 is 1.00 bits per heavy atom. The second-order valence-electron chi connectivity index (χ2n) is 8.25. The highest BCUT2D eigenvalue weighted by atomic mass is 32.2. The highest BCUT2D eigenvalue weighted by Gasteiger charge is 2.27. The number of hydrogen-bond donors (Lipinski definition) is 0. The minimum absolute atomic E-state index is 0.00741. The van der Waals surface area contributed by atoms with Crippen molar-refractivity contribution < 1.29 is 26.2 Å². The smallest absolute Gasteiger partial charge is 0.339 e. The van der Waals surface area contributed by atoms with Gasteiger partial charge in [0.1, 0.15) is 22.2 Å². The molecule has 0 spiro atoms. The molecule has 1 aliphatic carbocycles. The van der Waals surface area contributed by atoms with Crippen LogP contribution in [0.5, 0.6) is 5.75 Å². The lowest BCUT2D eigenvalue weighted by Crippen LogP contribution is -2.36. The molecule has 2 aromatic carbocycles.